The molecule has 1 amide bonds. The summed E-state index contributed by atoms with van der Waals surface area (Å²) in [6.45, 7) is 1.57. The highest BCUT2D eigenvalue weighted by Gasteiger charge is 2.20. The number of nitrogens with one attached hydrogen (secondary N) is 1. The molecule has 0 saturated carbocycles. The molecule has 0 atom stereocenters. The van der Waals surface area contributed by atoms with Gasteiger partial charge in [-0.2, -0.15) is 5.10 Å². The Balaban J connectivity index is 1.42. The minimum atomic E-state index is -0.244. The number of methoxy groups -OCH3 is 2. The minimum absolute atomic E-state index is 0.244. The molecule has 3 aromatic carbocycles. The molecule has 6 heteroatoms. The summed E-state index contributed by atoms with van der Waals surface area (Å²) in [7, 11) is 3.26. The van der Waals surface area contributed by atoms with E-state index in [2.05, 4.69) is 15.4 Å². The SMILES string of the molecule is COc1ccc(N2Cc3ccc(C(=O)NN=Cc4ccccc4OC)cc3C2)cc1. The number of carbonyl (C=O) groups is 1. The minimum Gasteiger partial charge on any atom is -0.497 e. The fourth-order valence-corrected chi connectivity index (χ4v) is 3.51. The third-order valence-electron chi connectivity index (χ3n) is 5.14. The summed E-state index contributed by atoms with van der Waals surface area (Å²) >= 11 is 0. The topological polar surface area (TPSA) is 63.2 Å². The molecule has 0 aliphatic carbocycles. The van der Waals surface area contributed by atoms with Gasteiger partial charge in [-0.15, -0.1) is 0 Å². The molecule has 3 aromatic rings. The van der Waals surface area contributed by atoms with Crippen LogP contribution in [0.1, 0.15) is 27.0 Å². The summed E-state index contributed by atoms with van der Waals surface area (Å²) in [5, 5.41) is 4.07. The maximum absolute atomic E-state index is 12.5. The van der Waals surface area contributed by atoms with Crippen LogP contribution >= 0.6 is 0 Å². The van der Waals surface area contributed by atoms with E-state index in [1.807, 2.05) is 66.7 Å². The van der Waals surface area contributed by atoms with Gasteiger partial charge in [0.2, 0.25) is 0 Å². The van der Waals surface area contributed by atoms with Crippen molar-refractivity contribution in [3.8, 4) is 11.5 Å². The summed E-state index contributed by atoms with van der Waals surface area (Å²) in [4.78, 5) is 14.8. The van der Waals surface area contributed by atoms with Crippen molar-refractivity contribution in [1.82, 2.24) is 5.43 Å². The smallest absolute Gasteiger partial charge is 0.271 e. The summed E-state index contributed by atoms with van der Waals surface area (Å²) < 4.78 is 10.5. The summed E-state index contributed by atoms with van der Waals surface area (Å²) in [5.74, 6) is 1.29. The number of anilines is 1. The number of ether oxygens (including phenoxy) is 2. The lowest BCUT2D eigenvalue weighted by Crippen LogP contribution is -2.18. The fourth-order valence-electron chi connectivity index (χ4n) is 3.51. The Bertz CT molecular complexity index is 1080. The highest BCUT2D eigenvalue weighted by molar-refractivity contribution is 5.95. The van der Waals surface area contributed by atoms with Crippen molar-refractivity contribution in [2.75, 3.05) is 19.1 Å². The van der Waals surface area contributed by atoms with Crippen molar-refractivity contribution in [1.29, 1.82) is 0 Å². The van der Waals surface area contributed by atoms with E-state index in [-0.39, 0.29) is 5.91 Å². The molecule has 0 spiro atoms. The third kappa shape index (κ3) is 4.12. The second-order valence-electron chi connectivity index (χ2n) is 6.98. The lowest BCUT2D eigenvalue weighted by Gasteiger charge is -2.17. The molecule has 0 bridgehead atoms. The Morgan fingerprint density at radius 1 is 0.967 bits per heavy atom. The normalized spacial score (nSPS) is 12.7. The maximum Gasteiger partial charge on any atom is 0.271 e. The molecule has 4 rings (SSSR count). The predicted octanol–water partition coefficient (Wildman–Crippen LogP) is 3.99. The molecule has 1 aliphatic rings. The molecule has 1 aliphatic heterocycles. The quantitative estimate of drug-likeness (QED) is 0.501. The van der Waals surface area contributed by atoms with Gasteiger partial charge < -0.3 is 14.4 Å². The Hall–Kier alpha value is -3.80. The summed E-state index contributed by atoms with van der Waals surface area (Å²) in [6, 6.07) is 21.3. The highest BCUT2D eigenvalue weighted by atomic mass is 16.5. The predicted molar refractivity (Wildman–Crippen MR) is 117 cm³/mol. The number of fused-ring (bicyclic) bond motifs is 1. The van der Waals surface area contributed by atoms with Crippen LogP contribution in [0.5, 0.6) is 11.5 Å². The zero-order chi connectivity index (χ0) is 20.9. The van der Waals surface area contributed by atoms with Crippen molar-refractivity contribution in [2.24, 2.45) is 5.10 Å². The molecule has 0 unspecified atom stereocenters. The van der Waals surface area contributed by atoms with E-state index in [1.165, 1.54) is 5.56 Å². The van der Waals surface area contributed by atoms with Gasteiger partial charge in [0, 0.05) is 29.9 Å². The van der Waals surface area contributed by atoms with Crippen LogP contribution in [-0.2, 0) is 13.1 Å². The third-order valence-corrected chi connectivity index (χ3v) is 5.14. The monoisotopic (exact) mass is 401 g/mol. The number of para-hydroxylation sites is 1. The van der Waals surface area contributed by atoms with E-state index in [1.54, 1.807) is 20.4 Å². The number of nitrogens with zero attached hydrogens (tertiary/aromatic N) is 2. The van der Waals surface area contributed by atoms with Crippen LogP contribution in [0.15, 0.2) is 71.8 Å². The average molecular weight is 401 g/mol. The van der Waals surface area contributed by atoms with Gasteiger partial charge in [0.15, 0.2) is 0 Å². The molecule has 152 valence electrons. The second-order valence-corrected chi connectivity index (χ2v) is 6.98. The first-order valence-electron chi connectivity index (χ1n) is 9.65. The molecule has 0 fully saturated rings. The second kappa shape index (κ2) is 8.69. The molecule has 6 nitrogen and oxygen atoms in total. The first-order chi connectivity index (χ1) is 14.7. The van der Waals surface area contributed by atoms with Gasteiger partial charge in [-0.25, -0.2) is 5.43 Å². The number of carbonyl (C=O) groups excluding carboxylic acids is 1. The van der Waals surface area contributed by atoms with Crippen molar-refractivity contribution in [3.63, 3.8) is 0 Å². The number of benzene rings is 3. The molecular weight excluding hydrogens is 378 g/mol. The van der Waals surface area contributed by atoms with Gasteiger partial charge >= 0.3 is 0 Å². The Morgan fingerprint density at radius 3 is 2.50 bits per heavy atom. The average Bonchev–Trinajstić information content (AvgIpc) is 3.22. The lowest BCUT2D eigenvalue weighted by atomic mass is 10.1. The molecule has 0 radical (unpaired) electrons. The highest BCUT2D eigenvalue weighted by Crippen LogP contribution is 2.30. The zero-order valence-electron chi connectivity index (χ0n) is 17.0. The maximum atomic E-state index is 12.5. The summed E-state index contributed by atoms with van der Waals surface area (Å²) in [5.41, 5.74) is 7.47. The zero-order valence-corrected chi connectivity index (χ0v) is 17.0. The van der Waals surface area contributed by atoms with Crippen LogP contribution < -0.4 is 19.8 Å². The van der Waals surface area contributed by atoms with Gasteiger partial charge in [0.25, 0.3) is 5.91 Å². The lowest BCUT2D eigenvalue weighted by molar-refractivity contribution is 0.0955. The van der Waals surface area contributed by atoms with E-state index < -0.39 is 0 Å². The van der Waals surface area contributed by atoms with E-state index in [0.29, 0.717) is 11.3 Å². The van der Waals surface area contributed by atoms with Crippen LogP contribution in [0.25, 0.3) is 0 Å². The molecule has 1 N–H and O–H groups in total. The van der Waals surface area contributed by atoms with Crippen LogP contribution in [0, 0.1) is 0 Å². The van der Waals surface area contributed by atoms with E-state index in [4.69, 9.17) is 9.47 Å². The summed E-state index contributed by atoms with van der Waals surface area (Å²) in [6.07, 6.45) is 1.58. The number of hydrazone groups is 1. The van der Waals surface area contributed by atoms with Crippen molar-refractivity contribution in [2.45, 2.75) is 13.1 Å². The molecule has 30 heavy (non-hydrogen) atoms. The molecular formula is C24H23N3O3. The fraction of sp³-hybridized carbons (Fsp3) is 0.167. The molecule has 1 heterocycles. The number of hydrogen-bond donors (Lipinski definition) is 1. The van der Waals surface area contributed by atoms with Gasteiger partial charge in [-0.05, 0) is 59.7 Å². The van der Waals surface area contributed by atoms with Crippen LogP contribution in [-0.4, -0.2) is 26.3 Å². The van der Waals surface area contributed by atoms with Crippen molar-refractivity contribution in [3.05, 3.63) is 89.0 Å². The van der Waals surface area contributed by atoms with Crippen LogP contribution in [0.2, 0.25) is 0 Å². The number of amides is 1. The van der Waals surface area contributed by atoms with Gasteiger partial charge in [0.05, 0.1) is 20.4 Å². The number of hydrogen-bond acceptors (Lipinski definition) is 5. The largest absolute Gasteiger partial charge is 0.497 e. The van der Waals surface area contributed by atoms with Crippen LogP contribution in [0.4, 0.5) is 5.69 Å². The van der Waals surface area contributed by atoms with E-state index >= 15 is 0 Å². The molecule has 0 saturated heterocycles. The van der Waals surface area contributed by atoms with Gasteiger partial charge in [0.1, 0.15) is 11.5 Å². The van der Waals surface area contributed by atoms with Gasteiger partial charge in [-0.1, -0.05) is 18.2 Å². The molecule has 0 aromatic heterocycles. The van der Waals surface area contributed by atoms with Crippen LogP contribution in [0.3, 0.4) is 0 Å². The van der Waals surface area contributed by atoms with Gasteiger partial charge in [-0.3, -0.25) is 4.79 Å². The Morgan fingerprint density at radius 2 is 1.73 bits per heavy atom. The first kappa shape index (κ1) is 19.5. The Labute approximate surface area is 175 Å². The standard InChI is InChI=1S/C24H23N3O3/c1-29-22-11-9-21(10-12-22)27-15-19-8-7-17(13-20(19)16-27)24(28)26-25-14-18-5-3-4-6-23(18)30-2/h3-14H,15-16H2,1-2H3,(H,26,28). The van der Waals surface area contributed by atoms with E-state index in [0.717, 1.165) is 35.7 Å². The number of rotatable bonds is 6. The first-order valence-corrected chi connectivity index (χ1v) is 9.65. The van der Waals surface area contributed by atoms with E-state index in [9.17, 15) is 4.79 Å². The Kier molecular flexibility index (Phi) is 5.66. The van der Waals surface area contributed by atoms with Crippen molar-refractivity contribution < 1.29 is 14.3 Å². The van der Waals surface area contributed by atoms with Crippen molar-refractivity contribution >= 4 is 17.8 Å².